The zero-order valence-electron chi connectivity index (χ0n) is 13.9. The monoisotopic (exact) mass is 359 g/mol. The lowest BCUT2D eigenvalue weighted by atomic mass is 9.99. The molecule has 2 aromatic carbocycles. The topological polar surface area (TPSA) is 64.6 Å². The first kappa shape index (κ1) is 16.4. The Hall–Kier alpha value is -2.05. The third-order valence-electron chi connectivity index (χ3n) is 4.68. The molecular formula is C19H21NO4S. The van der Waals surface area contributed by atoms with Crippen molar-refractivity contribution in [3.63, 3.8) is 0 Å². The second-order valence-electron chi connectivity index (χ2n) is 6.46. The summed E-state index contributed by atoms with van der Waals surface area (Å²) >= 11 is 0. The molecule has 1 fully saturated rings. The Morgan fingerprint density at radius 3 is 2.56 bits per heavy atom. The molecule has 0 radical (unpaired) electrons. The summed E-state index contributed by atoms with van der Waals surface area (Å²) in [6, 6.07) is 13.7. The average Bonchev–Trinajstić information content (AvgIpc) is 2.62. The van der Waals surface area contributed by atoms with Crippen LogP contribution in [-0.2, 0) is 21.2 Å². The minimum atomic E-state index is -3.24. The predicted molar refractivity (Wildman–Crippen MR) is 97.5 cm³/mol. The first-order valence-electron chi connectivity index (χ1n) is 8.58. The first-order valence-corrected chi connectivity index (χ1v) is 10.2. The zero-order valence-corrected chi connectivity index (χ0v) is 14.7. The molecule has 2 aliphatic heterocycles. The third kappa shape index (κ3) is 3.65. The van der Waals surface area contributed by atoms with Gasteiger partial charge in [-0.1, -0.05) is 30.3 Å². The van der Waals surface area contributed by atoms with Gasteiger partial charge in [-0.15, -0.1) is 0 Å². The Kier molecular flexibility index (Phi) is 4.39. The van der Waals surface area contributed by atoms with E-state index in [2.05, 4.69) is 4.72 Å². The van der Waals surface area contributed by atoms with Crippen LogP contribution in [0.1, 0.15) is 18.4 Å². The molecule has 0 spiro atoms. The van der Waals surface area contributed by atoms with Crippen molar-refractivity contribution in [3.8, 4) is 16.9 Å². The van der Waals surface area contributed by atoms with E-state index < -0.39 is 10.0 Å². The summed E-state index contributed by atoms with van der Waals surface area (Å²) in [5.41, 5.74) is 3.61. The SMILES string of the molecule is O=S1(=O)CCc2cccc(-c3ccc(OC4CCOCC4)cc3)c2N1. The number of sulfonamides is 1. The highest BCUT2D eigenvalue weighted by Gasteiger charge is 2.23. The molecule has 1 N–H and O–H groups in total. The number of benzene rings is 2. The van der Waals surface area contributed by atoms with E-state index in [1.165, 1.54) is 0 Å². The van der Waals surface area contributed by atoms with Gasteiger partial charge in [0.2, 0.25) is 10.0 Å². The molecule has 2 aromatic rings. The Labute approximate surface area is 148 Å². The van der Waals surface area contributed by atoms with Crippen LogP contribution in [0.2, 0.25) is 0 Å². The highest BCUT2D eigenvalue weighted by Crippen LogP contribution is 2.35. The van der Waals surface area contributed by atoms with Gasteiger partial charge < -0.3 is 9.47 Å². The Morgan fingerprint density at radius 1 is 1.04 bits per heavy atom. The summed E-state index contributed by atoms with van der Waals surface area (Å²) in [6.45, 7) is 1.50. The molecule has 2 aliphatic rings. The van der Waals surface area contributed by atoms with Gasteiger partial charge >= 0.3 is 0 Å². The Balaban J connectivity index is 1.58. The molecule has 0 bridgehead atoms. The number of fused-ring (bicyclic) bond motifs is 1. The van der Waals surface area contributed by atoms with Gasteiger partial charge in [-0.3, -0.25) is 4.72 Å². The maximum Gasteiger partial charge on any atom is 0.233 e. The van der Waals surface area contributed by atoms with Crippen LogP contribution in [0.3, 0.4) is 0 Å². The van der Waals surface area contributed by atoms with Crippen LogP contribution in [0.15, 0.2) is 42.5 Å². The fourth-order valence-corrected chi connectivity index (χ4v) is 4.46. The van der Waals surface area contributed by atoms with E-state index in [0.717, 1.165) is 48.5 Å². The van der Waals surface area contributed by atoms with Gasteiger partial charge in [0.15, 0.2) is 0 Å². The number of ether oxygens (including phenoxy) is 2. The van der Waals surface area contributed by atoms with E-state index in [4.69, 9.17) is 9.47 Å². The standard InChI is InChI=1S/C19H21NO4S/c21-25(22)13-10-15-2-1-3-18(19(15)20-25)14-4-6-16(7-5-14)24-17-8-11-23-12-9-17/h1-7,17,20H,8-13H2. The summed E-state index contributed by atoms with van der Waals surface area (Å²) in [5.74, 6) is 0.974. The fourth-order valence-electron chi connectivity index (χ4n) is 3.32. The molecular weight excluding hydrogens is 338 g/mol. The number of nitrogens with one attached hydrogen (secondary N) is 1. The molecule has 2 heterocycles. The van der Waals surface area contributed by atoms with Crippen molar-refractivity contribution in [2.75, 3.05) is 23.7 Å². The average molecular weight is 359 g/mol. The second-order valence-corrected chi connectivity index (χ2v) is 8.31. The van der Waals surface area contributed by atoms with Crippen LogP contribution in [0.5, 0.6) is 5.75 Å². The van der Waals surface area contributed by atoms with Gasteiger partial charge in [-0.2, -0.15) is 0 Å². The van der Waals surface area contributed by atoms with Crippen molar-refractivity contribution in [2.24, 2.45) is 0 Å². The molecule has 1 saturated heterocycles. The smallest absolute Gasteiger partial charge is 0.233 e. The Bertz CT molecular complexity index is 855. The highest BCUT2D eigenvalue weighted by atomic mass is 32.2. The lowest BCUT2D eigenvalue weighted by Crippen LogP contribution is -2.25. The quantitative estimate of drug-likeness (QED) is 0.914. The molecule has 0 atom stereocenters. The van der Waals surface area contributed by atoms with Crippen molar-refractivity contribution in [1.82, 2.24) is 0 Å². The van der Waals surface area contributed by atoms with Crippen LogP contribution in [-0.4, -0.2) is 33.5 Å². The molecule has 0 aliphatic carbocycles. The maximum absolute atomic E-state index is 11.9. The number of hydrogen-bond acceptors (Lipinski definition) is 4. The Morgan fingerprint density at radius 2 is 1.80 bits per heavy atom. The molecule has 0 unspecified atom stereocenters. The minimum Gasteiger partial charge on any atom is -0.490 e. The zero-order chi connectivity index (χ0) is 17.3. The summed E-state index contributed by atoms with van der Waals surface area (Å²) in [5, 5.41) is 0. The van der Waals surface area contributed by atoms with E-state index >= 15 is 0 Å². The normalized spacial score (nSPS) is 19.7. The summed E-state index contributed by atoms with van der Waals surface area (Å²) < 4.78 is 37.9. The van der Waals surface area contributed by atoms with Gasteiger partial charge in [0.05, 0.1) is 24.7 Å². The third-order valence-corrected chi connectivity index (χ3v) is 5.94. The summed E-state index contributed by atoms with van der Waals surface area (Å²) in [4.78, 5) is 0. The van der Waals surface area contributed by atoms with Crippen LogP contribution >= 0.6 is 0 Å². The number of anilines is 1. The molecule has 25 heavy (non-hydrogen) atoms. The lowest BCUT2D eigenvalue weighted by Gasteiger charge is -2.24. The number of aryl methyl sites for hydroxylation is 1. The van der Waals surface area contributed by atoms with Gasteiger partial charge in [-0.25, -0.2) is 8.42 Å². The molecule has 4 rings (SSSR count). The molecule has 0 amide bonds. The van der Waals surface area contributed by atoms with E-state index in [1.807, 2.05) is 42.5 Å². The molecule has 5 nitrogen and oxygen atoms in total. The first-order chi connectivity index (χ1) is 12.1. The minimum absolute atomic E-state index is 0.140. The van der Waals surface area contributed by atoms with Crippen molar-refractivity contribution < 1.29 is 17.9 Å². The van der Waals surface area contributed by atoms with Crippen LogP contribution in [0.25, 0.3) is 11.1 Å². The van der Waals surface area contributed by atoms with Crippen molar-refractivity contribution >= 4 is 15.7 Å². The van der Waals surface area contributed by atoms with Crippen LogP contribution < -0.4 is 9.46 Å². The van der Waals surface area contributed by atoms with Crippen LogP contribution in [0.4, 0.5) is 5.69 Å². The molecule has 0 aromatic heterocycles. The second kappa shape index (κ2) is 6.69. The van der Waals surface area contributed by atoms with Crippen molar-refractivity contribution in [1.29, 1.82) is 0 Å². The summed E-state index contributed by atoms with van der Waals surface area (Å²) in [6.07, 6.45) is 2.57. The number of rotatable bonds is 3. The van der Waals surface area contributed by atoms with Gasteiger partial charge in [0, 0.05) is 18.4 Å². The van der Waals surface area contributed by atoms with Crippen molar-refractivity contribution in [3.05, 3.63) is 48.0 Å². The van der Waals surface area contributed by atoms with Crippen molar-refractivity contribution in [2.45, 2.75) is 25.4 Å². The maximum atomic E-state index is 11.9. The van der Waals surface area contributed by atoms with E-state index in [-0.39, 0.29) is 11.9 Å². The van der Waals surface area contributed by atoms with Crippen LogP contribution in [0, 0.1) is 0 Å². The van der Waals surface area contributed by atoms with E-state index in [9.17, 15) is 8.42 Å². The highest BCUT2D eigenvalue weighted by molar-refractivity contribution is 7.92. The number of para-hydroxylation sites is 1. The molecule has 0 saturated carbocycles. The van der Waals surface area contributed by atoms with E-state index in [0.29, 0.717) is 12.1 Å². The van der Waals surface area contributed by atoms with Gasteiger partial charge in [0.1, 0.15) is 11.9 Å². The van der Waals surface area contributed by atoms with E-state index in [1.54, 1.807) is 0 Å². The largest absolute Gasteiger partial charge is 0.490 e. The number of hydrogen-bond donors (Lipinski definition) is 1. The molecule has 6 heteroatoms. The molecule has 132 valence electrons. The van der Waals surface area contributed by atoms with Gasteiger partial charge in [0.25, 0.3) is 0 Å². The fraction of sp³-hybridized carbons (Fsp3) is 0.368. The van der Waals surface area contributed by atoms with Gasteiger partial charge in [-0.05, 0) is 29.7 Å². The lowest BCUT2D eigenvalue weighted by molar-refractivity contribution is 0.0256. The predicted octanol–water partition coefficient (Wildman–Crippen LogP) is 3.21. The summed E-state index contributed by atoms with van der Waals surface area (Å²) in [7, 11) is -3.24.